The summed E-state index contributed by atoms with van der Waals surface area (Å²) in [4.78, 5) is 5.75. The summed E-state index contributed by atoms with van der Waals surface area (Å²) in [6.07, 6.45) is 4.59. The number of aromatic nitrogens is 2. The monoisotopic (exact) mass is 301 g/mol. The number of hydrogen-bond donors (Lipinski definition) is 1. The largest absolute Gasteiger partial charge is 0.337 e. The molecule has 1 aromatic heterocycles. The Morgan fingerprint density at radius 3 is 2.57 bits per heavy atom. The van der Waals surface area contributed by atoms with Crippen molar-refractivity contribution in [1.82, 2.24) is 14.5 Å². The molecule has 0 atom stereocenters. The summed E-state index contributed by atoms with van der Waals surface area (Å²) in [5.74, 6) is 0.734. The molecule has 1 aliphatic rings. The maximum Gasteiger partial charge on any atom is 0.177 e. The Morgan fingerprint density at radius 1 is 1.19 bits per heavy atom. The van der Waals surface area contributed by atoms with Crippen molar-refractivity contribution in [1.29, 1.82) is 0 Å². The van der Waals surface area contributed by atoms with Gasteiger partial charge in [0.2, 0.25) is 0 Å². The fourth-order valence-electron chi connectivity index (χ4n) is 3.17. The lowest BCUT2D eigenvalue weighted by molar-refractivity contribution is 0.181. The molecule has 0 spiro atoms. The molecular formula is C17H23N3S. The molecule has 1 aliphatic heterocycles. The molecule has 0 aliphatic carbocycles. The molecule has 0 amide bonds. The van der Waals surface area contributed by atoms with Crippen LogP contribution in [0.25, 0.3) is 11.3 Å². The number of H-pyrrole nitrogens is 1. The third-order valence-corrected chi connectivity index (χ3v) is 4.87. The maximum absolute atomic E-state index is 5.48. The number of aromatic amines is 1. The highest BCUT2D eigenvalue weighted by Crippen LogP contribution is 2.24. The Balaban J connectivity index is 1.77. The highest BCUT2D eigenvalue weighted by molar-refractivity contribution is 7.71. The number of likely N-dealkylation sites (tertiary alicyclic amines) is 1. The quantitative estimate of drug-likeness (QED) is 0.865. The van der Waals surface area contributed by atoms with Crippen LogP contribution >= 0.6 is 12.2 Å². The molecule has 3 nitrogen and oxygen atoms in total. The summed E-state index contributed by atoms with van der Waals surface area (Å²) in [5.41, 5.74) is 2.44. The molecule has 0 unspecified atom stereocenters. The first kappa shape index (κ1) is 14.5. The number of piperidine rings is 1. The van der Waals surface area contributed by atoms with Crippen molar-refractivity contribution in [2.45, 2.75) is 26.3 Å². The van der Waals surface area contributed by atoms with Crippen molar-refractivity contribution < 1.29 is 0 Å². The van der Waals surface area contributed by atoms with Gasteiger partial charge in [-0.15, -0.1) is 0 Å². The Bertz CT molecular complexity index is 621. The van der Waals surface area contributed by atoms with E-state index in [4.69, 9.17) is 12.2 Å². The molecular weight excluding hydrogens is 278 g/mol. The minimum Gasteiger partial charge on any atom is -0.337 e. The van der Waals surface area contributed by atoms with Crippen LogP contribution in [-0.4, -0.2) is 34.1 Å². The first-order chi connectivity index (χ1) is 10.3. The normalized spacial score (nSPS) is 17.2. The van der Waals surface area contributed by atoms with E-state index in [-0.39, 0.29) is 0 Å². The smallest absolute Gasteiger partial charge is 0.177 e. The topological polar surface area (TPSA) is 24.0 Å². The van der Waals surface area contributed by atoms with E-state index in [1.165, 1.54) is 43.7 Å². The van der Waals surface area contributed by atoms with Gasteiger partial charge in [0.15, 0.2) is 4.77 Å². The molecule has 0 radical (unpaired) electrons. The van der Waals surface area contributed by atoms with E-state index >= 15 is 0 Å². The standard InChI is InChI=1S/C17H23N3S/c1-2-19-10-8-14(9-11-19)13-20-16(12-18-17(20)21)15-6-4-3-5-7-15/h3-7,12,14H,2,8-11,13H2,1H3,(H,18,21). The number of nitrogens with one attached hydrogen (secondary N) is 1. The predicted molar refractivity (Wildman–Crippen MR) is 89.9 cm³/mol. The Labute approximate surface area is 131 Å². The van der Waals surface area contributed by atoms with E-state index in [9.17, 15) is 0 Å². The second kappa shape index (κ2) is 6.58. The van der Waals surface area contributed by atoms with Crippen molar-refractivity contribution in [2.75, 3.05) is 19.6 Å². The van der Waals surface area contributed by atoms with E-state index in [1.54, 1.807) is 0 Å². The van der Waals surface area contributed by atoms with Crippen molar-refractivity contribution in [3.05, 3.63) is 41.3 Å². The number of rotatable bonds is 4. The summed E-state index contributed by atoms with van der Waals surface area (Å²) in [5, 5.41) is 0. The first-order valence-electron chi connectivity index (χ1n) is 7.84. The zero-order chi connectivity index (χ0) is 14.7. The molecule has 0 bridgehead atoms. The van der Waals surface area contributed by atoms with Gasteiger partial charge in [-0.1, -0.05) is 37.3 Å². The maximum atomic E-state index is 5.48. The van der Waals surface area contributed by atoms with E-state index in [2.05, 4.69) is 51.7 Å². The number of hydrogen-bond acceptors (Lipinski definition) is 2. The Kier molecular flexibility index (Phi) is 4.56. The third-order valence-electron chi connectivity index (χ3n) is 4.53. The summed E-state index contributed by atoms with van der Waals surface area (Å²) >= 11 is 5.48. The van der Waals surface area contributed by atoms with Gasteiger partial charge >= 0.3 is 0 Å². The summed E-state index contributed by atoms with van der Waals surface area (Å²) < 4.78 is 3.11. The first-order valence-corrected chi connectivity index (χ1v) is 8.24. The second-order valence-electron chi connectivity index (χ2n) is 5.83. The molecule has 2 heterocycles. The van der Waals surface area contributed by atoms with Gasteiger partial charge in [0.25, 0.3) is 0 Å². The van der Waals surface area contributed by atoms with Gasteiger partial charge in [-0.3, -0.25) is 0 Å². The van der Waals surface area contributed by atoms with Crippen LogP contribution in [0.2, 0.25) is 0 Å². The Hall–Kier alpha value is -1.39. The van der Waals surface area contributed by atoms with Crippen LogP contribution < -0.4 is 0 Å². The van der Waals surface area contributed by atoms with Gasteiger partial charge in [0, 0.05) is 12.7 Å². The van der Waals surface area contributed by atoms with Gasteiger partial charge in [-0.2, -0.15) is 0 Å². The molecule has 4 heteroatoms. The molecule has 112 valence electrons. The molecule has 1 fully saturated rings. The molecule has 3 rings (SSSR count). The molecule has 2 aromatic rings. The zero-order valence-corrected chi connectivity index (χ0v) is 13.4. The van der Waals surface area contributed by atoms with Crippen molar-refractivity contribution >= 4 is 12.2 Å². The molecule has 21 heavy (non-hydrogen) atoms. The zero-order valence-electron chi connectivity index (χ0n) is 12.6. The fourth-order valence-corrected chi connectivity index (χ4v) is 3.40. The highest BCUT2D eigenvalue weighted by atomic mass is 32.1. The lowest BCUT2D eigenvalue weighted by atomic mass is 9.96. The van der Waals surface area contributed by atoms with Crippen molar-refractivity contribution in [3.63, 3.8) is 0 Å². The third kappa shape index (κ3) is 3.27. The number of imidazole rings is 1. The summed E-state index contributed by atoms with van der Waals surface area (Å²) in [7, 11) is 0. The lowest BCUT2D eigenvalue weighted by Gasteiger charge is -2.31. The van der Waals surface area contributed by atoms with Crippen LogP contribution in [0, 0.1) is 10.7 Å². The van der Waals surface area contributed by atoms with Crippen LogP contribution in [0.4, 0.5) is 0 Å². The lowest BCUT2D eigenvalue weighted by Crippen LogP contribution is -2.34. The minimum absolute atomic E-state index is 0.734. The molecule has 1 saturated heterocycles. The van der Waals surface area contributed by atoms with Crippen LogP contribution in [0.3, 0.4) is 0 Å². The average Bonchev–Trinajstić information content (AvgIpc) is 2.90. The van der Waals surface area contributed by atoms with Crippen LogP contribution in [0.5, 0.6) is 0 Å². The average molecular weight is 301 g/mol. The second-order valence-corrected chi connectivity index (χ2v) is 6.22. The van der Waals surface area contributed by atoms with Gasteiger partial charge in [0.1, 0.15) is 0 Å². The van der Waals surface area contributed by atoms with Gasteiger partial charge in [0.05, 0.1) is 5.69 Å². The molecule has 0 saturated carbocycles. The van der Waals surface area contributed by atoms with E-state index in [1.807, 2.05) is 6.20 Å². The van der Waals surface area contributed by atoms with Crippen LogP contribution in [0.1, 0.15) is 19.8 Å². The van der Waals surface area contributed by atoms with Gasteiger partial charge in [-0.25, -0.2) is 0 Å². The number of benzene rings is 1. The minimum atomic E-state index is 0.734. The van der Waals surface area contributed by atoms with Crippen molar-refractivity contribution in [2.24, 2.45) is 5.92 Å². The molecule has 1 aromatic carbocycles. The van der Waals surface area contributed by atoms with Crippen LogP contribution in [-0.2, 0) is 6.54 Å². The summed E-state index contributed by atoms with van der Waals surface area (Å²) in [6, 6.07) is 10.5. The SMILES string of the molecule is CCN1CCC(Cn2c(-c3ccccc3)c[nH]c2=S)CC1. The summed E-state index contributed by atoms with van der Waals surface area (Å²) in [6.45, 7) is 6.89. The Morgan fingerprint density at radius 2 is 1.90 bits per heavy atom. The molecule has 1 N–H and O–H groups in total. The van der Waals surface area contributed by atoms with Crippen LogP contribution in [0.15, 0.2) is 36.5 Å². The van der Waals surface area contributed by atoms with E-state index in [0.29, 0.717) is 0 Å². The van der Waals surface area contributed by atoms with E-state index in [0.717, 1.165) is 17.2 Å². The fraction of sp³-hybridized carbons (Fsp3) is 0.471. The van der Waals surface area contributed by atoms with Crippen molar-refractivity contribution in [3.8, 4) is 11.3 Å². The van der Waals surface area contributed by atoms with E-state index < -0.39 is 0 Å². The number of nitrogens with zero attached hydrogens (tertiary/aromatic N) is 2. The van der Waals surface area contributed by atoms with Gasteiger partial charge in [-0.05, 0) is 56.2 Å². The van der Waals surface area contributed by atoms with Gasteiger partial charge < -0.3 is 14.5 Å². The predicted octanol–water partition coefficient (Wildman–Crippen LogP) is 3.94. The highest BCUT2D eigenvalue weighted by Gasteiger charge is 2.19.